The van der Waals surface area contributed by atoms with Gasteiger partial charge >= 0.3 is 18.0 Å². The van der Waals surface area contributed by atoms with Crippen molar-refractivity contribution in [3.63, 3.8) is 0 Å². The number of nitrogens with one attached hydrogen (secondary N) is 14. The molecule has 42 heteroatoms. The van der Waals surface area contributed by atoms with Gasteiger partial charge in [0.25, 0.3) is 0 Å². The van der Waals surface area contributed by atoms with Crippen molar-refractivity contribution in [1.82, 2.24) is 83.3 Å². The summed E-state index contributed by atoms with van der Waals surface area (Å²) in [4.78, 5) is 231. The number of aliphatic hydroxyl groups excluding tert-OH is 2. The Morgan fingerprint density at radius 3 is 2.04 bits per heavy atom. The minimum Gasteiger partial charge on any atom is -0.508 e. The fourth-order valence-electron chi connectivity index (χ4n) is 15.0. The molecule has 10 rings (SSSR count). The van der Waals surface area contributed by atoms with Crippen molar-refractivity contribution in [1.29, 1.82) is 0 Å². The molecule has 708 valence electrons. The van der Waals surface area contributed by atoms with E-state index in [4.69, 9.17) is 4.42 Å². The molecule has 3 aromatic carbocycles. The van der Waals surface area contributed by atoms with Crippen LogP contribution >= 0.6 is 44.2 Å². The number of ketones is 1. The highest BCUT2D eigenvalue weighted by atomic mass is 127. The maximum Gasteiger partial charge on any atom is 0.336 e. The third kappa shape index (κ3) is 29.9. The van der Waals surface area contributed by atoms with Gasteiger partial charge < -0.3 is 109 Å². The number of anilines is 1. The Hall–Kier alpha value is -12.7. The van der Waals surface area contributed by atoms with Crippen molar-refractivity contribution in [3.05, 3.63) is 164 Å². The Labute approximate surface area is 781 Å². The Kier molecular flexibility index (Phi) is 38.2. The van der Waals surface area contributed by atoms with Gasteiger partial charge in [0.2, 0.25) is 65.0 Å². The second kappa shape index (κ2) is 49.0. The number of aromatic amines is 2. The van der Waals surface area contributed by atoms with Crippen molar-refractivity contribution < 1.29 is 102 Å². The molecule has 2 fully saturated rings. The lowest BCUT2D eigenvalue weighted by Gasteiger charge is -2.30. The first-order valence-corrected chi connectivity index (χ1v) is 46.6. The smallest absolute Gasteiger partial charge is 0.336 e. The van der Waals surface area contributed by atoms with Crippen LogP contribution in [0.25, 0.3) is 33.4 Å². The SMILES string of the molecule is CCC(C)[C@H](NC(=O)[C@H](Cc1cnc[nH]1)NC(=O)[C@@H]1CSSC[C@H](C)C(=O)N2CC(O)C[C@H]2C(=O)N[C@@H](CC2C=C(I)C(O)=CC2)C(=O)N[C@@H](CC(=O)O)C(=O)N[C@@H](CC(C)C)C(=O)N1)C(=O)N[C@@H](CC(C)C)C(C)=O.CNC(=O)[C@H](Cc1ncc[nH]1)NC(=O)[C@H](Cc1ccccc1)NC(=O)CCNC(=O)Nc1ccc(-c2c3ccc(=O)cc-3oc3cc(O)ccc23)c(C(=O)O)c1. The van der Waals surface area contributed by atoms with Crippen LogP contribution in [-0.2, 0) is 81.6 Å². The van der Waals surface area contributed by atoms with Crippen LogP contribution in [0.1, 0.15) is 134 Å². The van der Waals surface area contributed by atoms with Crippen LogP contribution in [0.3, 0.4) is 0 Å². The summed E-state index contributed by atoms with van der Waals surface area (Å²) in [6.07, 6.45) is 7.83. The number of imidazole rings is 2. The molecule has 2 aliphatic carbocycles. The second-order valence-corrected chi connectivity index (χ2v) is 37.1. The number of carbonyl (C=O) groups is 15. The normalized spacial score (nSPS) is 20.1. The van der Waals surface area contributed by atoms with Gasteiger partial charge in [0, 0.05) is 128 Å². The predicted octanol–water partition coefficient (Wildman–Crippen LogP) is 5.12. The summed E-state index contributed by atoms with van der Waals surface area (Å²) in [6.45, 7) is 13.6. The van der Waals surface area contributed by atoms with E-state index in [9.17, 15) is 102 Å². The summed E-state index contributed by atoms with van der Waals surface area (Å²) in [5.74, 6) is -12.2. The number of aromatic nitrogens is 4. The maximum absolute atomic E-state index is 14.6. The van der Waals surface area contributed by atoms with E-state index in [2.05, 4.69) is 83.7 Å². The third-order valence-electron chi connectivity index (χ3n) is 22.1. The van der Waals surface area contributed by atoms with Crippen molar-refractivity contribution in [2.45, 2.75) is 193 Å². The highest BCUT2D eigenvalue weighted by Gasteiger charge is 2.44. The number of halogens is 1. The summed E-state index contributed by atoms with van der Waals surface area (Å²) < 4.78 is 6.35. The van der Waals surface area contributed by atoms with Gasteiger partial charge in [-0.1, -0.05) is 119 Å². The molecule has 13 amide bonds. The Morgan fingerprint density at radius 2 is 1.38 bits per heavy atom. The van der Waals surface area contributed by atoms with E-state index in [1.165, 1.54) is 96.9 Å². The molecule has 14 atom stereocenters. The van der Waals surface area contributed by atoms with E-state index >= 15 is 0 Å². The number of rotatable bonds is 33. The average molecular weight is 1980 g/mol. The Bertz CT molecular complexity index is 5410. The van der Waals surface area contributed by atoms with Gasteiger partial charge in [-0.25, -0.2) is 19.6 Å². The van der Waals surface area contributed by atoms with Crippen molar-refractivity contribution in [2.75, 3.05) is 37.0 Å². The first-order chi connectivity index (χ1) is 62.8. The van der Waals surface area contributed by atoms with E-state index in [0.29, 0.717) is 44.5 Å². The molecule has 5 heterocycles. The molecule has 5 aliphatic rings. The van der Waals surface area contributed by atoms with Crippen LogP contribution in [-0.4, -0.2) is 237 Å². The number of aromatic carboxylic acids is 1. The van der Waals surface area contributed by atoms with E-state index in [1.807, 2.05) is 49.4 Å². The molecule has 5 aromatic rings. The maximum atomic E-state index is 14.6. The highest BCUT2D eigenvalue weighted by molar-refractivity contribution is 14.1. The van der Waals surface area contributed by atoms with Gasteiger partial charge in [0.15, 0.2) is 11.2 Å². The minimum atomic E-state index is -1.80. The molecule has 132 heavy (non-hydrogen) atoms. The monoisotopic (exact) mass is 1970 g/mol. The van der Waals surface area contributed by atoms with Gasteiger partial charge in [-0.3, -0.25) is 67.1 Å². The summed E-state index contributed by atoms with van der Waals surface area (Å²) in [7, 11) is 3.73. The predicted molar refractivity (Wildman–Crippen MR) is 498 cm³/mol. The first kappa shape index (κ1) is 103. The van der Waals surface area contributed by atoms with Crippen molar-refractivity contribution in [3.8, 4) is 28.2 Å². The van der Waals surface area contributed by atoms with Crippen LogP contribution in [0.15, 0.2) is 141 Å². The summed E-state index contributed by atoms with van der Waals surface area (Å²) in [6, 6.07) is 8.48. The molecule has 3 aliphatic heterocycles. The number of Topliss-reactive ketones (excluding diaryl/α,β-unsaturated/α-hetero) is 1. The molecule has 2 aromatic heterocycles. The number of allylic oxidation sites excluding steroid dienone is 3. The fraction of sp³-hybridized carbons (Fsp3) is 0.444. The lowest BCUT2D eigenvalue weighted by molar-refractivity contribution is -0.142. The highest BCUT2D eigenvalue weighted by Crippen LogP contribution is 2.43. The number of phenolic OH excluding ortho intramolecular Hbond substituents is 1. The number of nitrogens with zero attached hydrogens (tertiary/aromatic N) is 3. The van der Waals surface area contributed by atoms with Crippen LogP contribution in [0.5, 0.6) is 5.75 Å². The van der Waals surface area contributed by atoms with E-state index in [-0.39, 0.29) is 139 Å². The molecule has 2 saturated heterocycles. The number of H-pyrrole nitrogens is 2. The number of fused-ring (bicyclic) bond motifs is 3. The van der Waals surface area contributed by atoms with Crippen LogP contribution in [0.2, 0.25) is 0 Å². The summed E-state index contributed by atoms with van der Waals surface area (Å²) in [5.41, 5.74) is 2.25. The van der Waals surface area contributed by atoms with Crippen LogP contribution in [0, 0.1) is 29.6 Å². The zero-order valence-electron chi connectivity index (χ0n) is 74.1. The fourth-order valence-corrected chi connectivity index (χ4v) is 18.3. The number of aromatic hydroxyl groups is 1. The number of likely N-dealkylation sites (N-methyl/N-ethyl adjacent to an activating group) is 1. The number of carboxylic acids is 2. The molecule has 19 N–H and O–H groups in total. The number of hydrogen-bond acceptors (Lipinski definition) is 24. The van der Waals surface area contributed by atoms with Crippen LogP contribution < -0.4 is 69.2 Å². The zero-order valence-corrected chi connectivity index (χ0v) is 77.9. The lowest BCUT2D eigenvalue weighted by atomic mass is 9.90. The number of hydrogen-bond donors (Lipinski definition) is 19. The van der Waals surface area contributed by atoms with Crippen molar-refractivity contribution >= 4 is 150 Å². The lowest BCUT2D eigenvalue weighted by Crippen LogP contribution is -2.61. The second-order valence-electron chi connectivity index (χ2n) is 33.4. The van der Waals surface area contributed by atoms with Gasteiger partial charge in [0.05, 0.1) is 34.0 Å². The quantitative estimate of drug-likeness (QED) is 0.0144. The Balaban J connectivity index is 0.000000310. The Morgan fingerprint density at radius 1 is 0.705 bits per heavy atom. The van der Waals surface area contributed by atoms with Gasteiger partial charge in [-0.2, -0.15) is 0 Å². The van der Waals surface area contributed by atoms with Crippen molar-refractivity contribution in [2.24, 2.45) is 29.6 Å². The van der Waals surface area contributed by atoms with Crippen LogP contribution in [0.4, 0.5) is 10.5 Å². The summed E-state index contributed by atoms with van der Waals surface area (Å²) in [5, 5.41) is 83.5. The zero-order chi connectivity index (χ0) is 96.3. The molecule has 39 nitrogen and oxygen atoms in total. The first-order valence-electron chi connectivity index (χ1n) is 43.0. The van der Waals surface area contributed by atoms with Gasteiger partial charge in [-0.05, 0) is 132 Å². The van der Waals surface area contributed by atoms with E-state index in [1.54, 1.807) is 76.4 Å². The topological polar surface area (TPSA) is 592 Å². The van der Waals surface area contributed by atoms with Gasteiger partial charge in [-0.15, -0.1) is 0 Å². The number of urea groups is 1. The minimum absolute atomic E-state index is 0.0256. The summed E-state index contributed by atoms with van der Waals surface area (Å²) >= 11 is 1.92. The molecule has 0 spiro atoms. The van der Waals surface area contributed by atoms with E-state index < -0.39 is 174 Å². The standard InChI is InChI=1S/C50H75IN10O13S2.C40H37N7O9/c1-9-26(6)42(49(73)54-33(28(8)62)12-24(2)3)60-46(70)36(16-30-19-52-23-53-30)56-47(71)38-22-76-75-21-27(7)50(74)61-20-31(63)17-39(61)48(72)58-35(15-29-10-11-40(64)32(51)14-29)44(68)57-37(18-41(65)66)45(69)55-34(13-25(4)5)43(67)59-38;1-41-37(51)31(21-34-42-15-16-43-34)47-38(52)30(17-22-5-3-2-4-6-22)46-35(50)13-14-44-40(55)45-23-7-10-26(29(18-23)39(53)54)36-27-11-8-24(48)19-32(27)56-33-20-25(49)9-12-28(33)36/h11,14,19,23-27,29,31,33-39,42,63-64H,9-10,12-13,15-18,20-22H2,1-8H3,(H,52,53)(H,54,73)(H,55,69)(H,56,71)(H,57,68)(H,58,72)(H,59,67)(H,60,70)(H,65,66);2-12,15-16,18-20,30-31,48H,13-14,17,21H2,1H3,(H,41,51)(H,42,43)(H,46,50)(H,47,52)(H,53,54)(H2,44,45,55)/t26?,27-,29?,31?,33-,34-,35-,36-,37-,38-,39-,42-;30-,31-/m00/s1. The largest absolute Gasteiger partial charge is 0.508 e. The molecule has 3 unspecified atom stereocenters. The molecular formula is C90H112IN17O22S2. The molecular weight excluding hydrogens is 1860 g/mol. The average Bonchev–Trinajstić information content (AvgIpc) is 0.990. The van der Waals surface area contributed by atoms with Gasteiger partial charge in [0.1, 0.15) is 83.1 Å². The number of carbonyl (C=O) groups excluding carboxylic acids is 13. The number of amides is 13. The van der Waals surface area contributed by atoms with E-state index in [0.717, 1.165) is 16.4 Å². The molecule has 0 bridgehead atoms. The third-order valence-corrected chi connectivity index (χ3v) is 25.6. The number of carboxylic acid groups (broad SMARTS) is 2. The molecule has 0 saturated carbocycles. The number of aliphatic carboxylic acids is 1. The number of phenols is 1. The number of benzene rings is 4. The molecule has 0 radical (unpaired) electrons. The number of aliphatic hydroxyl groups is 2.